The molecular weight excluding hydrogens is 258 g/mol. The summed E-state index contributed by atoms with van der Waals surface area (Å²) in [5.41, 5.74) is 0.345. The molecule has 0 saturated carbocycles. The first-order valence-corrected chi connectivity index (χ1v) is 7.95. The van der Waals surface area contributed by atoms with E-state index >= 15 is 0 Å². The number of carbonyl (C=O) groups excluding carboxylic acids is 1. The van der Waals surface area contributed by atoms with Crippen molar-refractivity contribution >= 4 is 17.7 Å². The molecule has 1 atom stereocenters. The lowest BCUT2D eigenvalue weighted by Crippen LogP contribution is -2.41. The minimum Gasteiger partial charge on any atom is -0.388 e. The van der Waals surface area contributed by atoms with Gasteiger partial charge in [0.15, 0.2) is 0 Å². The van der Waals surface area contributed by atoms with E-state index in [9.17, 15) is 9.90 Å². The second kappa shape index (κ2) is 8.23. The number of thioether (sulfide) groups is 1. The van der Waals surface area contributed by atoms with E-state index in [1.54, 1.807) is 18.7 Å². The zero-order valence-corrected chi connectivity index (χ0v) is 12.5. The molecule has 4 heteroatoms. The molecule has 1 amide bonds. The topological polar surface area (TPSA) is 49.3 Å². The van der Waals surface area contributed by atoms with Crippen LogP contribution in [0, 0.1) is 0 Å². The maximum absolute atomic E-state index is 11.7. The van der Waals surface area contributed by atoms with Crippen molar-refractivity contribution in [2.24, 2.45) is 0 Å². The van der Waals surface area contributed by atoms with Crippen LogP contribution in [0.2, 0.25) is 0 Å². The van der Waals surface area contributed by atoms with Crippen molar-refractivity contribution < 1.29 is 9.90 Å². The molecular formula is C15H23NO2S. The van der Waals surface area contributed by atoms with Gasteiger partial charge in [0, 0.05) is 13.0 Å². The Hall–Kier alpha value is -1.00. The summed E-state index contributed by atoms with van der Waals surface area (Å²) in [4.78, 5) is 11.7. The van der Waals surface area contributed by atoms with E-state index in [0.29, 0.717) is 19.4 Å². The van der Waals surface area contributed by atoms with Crippen LogP contribution in [-0.2, 0) is 11.2 Å². The molecule has 0 spiro atoms. The number of hydrogen-bond donors (Lipinski definition) is 2. The summed E-state index contributed by atoms with van der Waals surface area (Å²) in [5, 5.41) is 12.9. The molecule has 0 aliphatic rings. The molecule has 19 heavy (non-hydrogen) atoms. The molecule has 0 bridgehead atoms. The number of nitrogens with one attached hydrogen (secondary N) is 1. The van der Waals surface area contributed by atoms with Crippen molar-refractivity contribution in [3.8, 4) is 0 Å². The predicted molar refractivity (Wildman–Crippen MR) is 81.4 cm³/mol. The van der Waals surface area contributed by atoms with E-state index in [1.807, 2.05) is 36.6 Å². The van der Waals surface area contributed by atoms with Gasteiger partial charge in [-0.2, -0.15) is 11.8 Å². The third-order valence-corrected chi connectivity index (χ3v) is 3.61. The molecule has 0 heterocycles. The van der Waals surface area contributed by atoms with Crippen molar-refractivity contribution in [3.05, 3.63) is 35.9 Å². The molecule has 0 aliphatic carbocycles. The van der Waals surface area contributed by atoms with Crippen LogP contribution < -0.4 is 5.32 Å². The Kier molecular flexibility index (Phi) is 6.95. The highest BCUT2D eigenvalue weighted by Crippen LogP contribution is 2.11. The standard InChI is InChI=1S/C15H23NO2S/c1-15(18,10-11-19-2)12-16-14(17)9-8-13-6-4-3-5-7-13/h3-7,18H,8-12H2,1-2H3,(H,16,17). The highest BCUT2D eigenvalue weighted by atomic mass is 32.2. The Balaban J connectivity index is 2.24. The number of rotatable bonds is 8. The number of aliphatic hydroxyl groups is 1. The molecule has 0 fully saturated rings. The Morgan fingerprint density at radius 2 is 2.05 bits per heavy atom. The normalized spacial score (nSPS) is 13.8. The SMILES string of the molecule is CSCCC(C)(O)CNC(=O)CCc1ccccc1. The van der Waals surface area contributed by atoms with Crippen LogP contribution in [0.3, 0.4) is 0 Å². The van der Waals surface area contributed by atoms with Gasteiger partial charge in [0.25, 0.3) is 0 Å². The van der Waals surface area contributed by atoms with Crippen LogP contribution in [0.25, 0.3) is 0 Å². The average Bonchev–Trinajstić information content (AvgIpc) is 2.42. The number of hydrogen-bond acceptors (Lipinski definition) is 3. The van der Waals surface area contributed by atoms with E-state index in [-0.39, 0.29) is 5.91 Å². The minimum atomic E-state index is -0.814. The average molecular weight is 281 g/mol. The Morgan fingerprint density at radius 1 is 1.37 bits per heavy atom. The van der Waals surface area contributed by atoms with Gasteiger partial charge in [-0.25, -0.2) is 0 Å². The molecule has 0 radical (unpaired) electrons. The van der Waals surface area contributed by atoms with E-state index in [4.69, 9.17) is 0 Å². The van der Waals surface area contributed by atoms with Crippen LogP contribution in [-0.4, -0.2) is 35.2 Å². The number of benzene rings is 1. The number of aryl methyl sites for hydroxylation is 1. The lowest BCUT2D eigenvalue weighted by molar-refractivity contribution is -0.122. The summed E-state index contributed by atoms with van der Waals surface area (Å²) in [7, 11) is 0. The first-order valence-electron chi connectivity index (χ1n) is 6.55. The fourth-order valence-corrected chi connectivity index (χ4v) is 2.33. The van der Waals surface area contributed by atoms with E-state index in [0.717, 1.165) is 17.7 Å². The van der Waals surface area contributed by atoms with Crippen molar-refractivity contribution in [1.82, 2.24) is 5.32 Å². The molecule has 1 unspecified atom stereocenters. The van der Waals surface area contributed by atoms with Gasteiger partial charge in [-0.15, -0.1) is 0 Å². The molecule has 3 nitrogen and oxygen atoms in total. The summed E-state index contributed by atoms with van der Waals surface area (Å²) in [5.74, 6) is 0.889. The minimum absolute atomic E-state index is 0.00622. The summed E-state index contributed by atoms with van der Waals surface area (Å²) in [6, 6.07) is 9.94. The van der Waals surface area contributed by atoms with Crippen LogP contribution >= 0.6 is 11.8 Å². The van der Waals surface area contributed by atoms with Gasteiger partial charge in [-0.3, -0.25) is 4.79 Å². The van der Waals surface area contributed by atoms with Gasteiger partial charge >= 0.3 is 0 Å². The molecule has 1 aromatic carbocycles. The van der Waals surface area contributed by atoms with Crippen molar-refractivity contribution in [3.63, 3.8) is 0 Å². The fraction of sp³-hybridized carbons (Fsp3) is 0.533. The van der Waals surface area contributed by atoms with Gasteiger partial charge in [-0.05, 0) is 37.3 Å². The third-order valence-electron chi connectivity index (χ3n) is 2.99. The van der Waals surface area contributed by atoms with Crippen LogP contribution in [0.5, 0.6) is 0 Å². The van der Waals surface area contributed by atoms with E-state index in [1.165, 1.54) is 0 Å². The highest BCUT2D eigenvalue weighted by molar-refractivity contribution is 7.98. The first kappa shape index (κ1) is 16.1. The predicted octanol–water partition coefficient (Wildman–Crippen LogP) is 2.24. The molecule has 1 rings (SSSR count). The Labute approximate surface area is 119 Å². The quantitative estimate of drug-likeness (QED) is 0.768. The second-order valence-corrected chi connectivity index (χ2v) is 5.99. The molecule has 0 aromatic heterocycles. The first-order chi connectivity index (χ1) is 9.03. The van der Waals surface area contributed by atoms with Crippen molar-refractivity contribution in [2.75, 3.05) is 18.6 Å². The summed E-state index contributed by atoms with van der Waals surface area (Å²) in [6.45, 7) is 2.09. The molecule has 1 aromatic rings. The Bertz CT molecular complexity index is 379. The van der Waals surface area contributed by atoms with Crippen molar-refractivity contribution in [2.45, 2.75) is 31.8 Å². The smallest absolute Gasteiger partial charge is 0.220 e. The van der Waals surface area contributed by atoms with Crippen LogP contribution in [0.1, 0.15) is 25.3 Å². The lowest BCUT2D eigenvalue weighted by Gasteiger charge is -2.23. The van der Waals surface area contributed by atoms with Gasteiger partial charge in [0.05, 0.1) is 5.60 Å². The Morgan fingerprint density at radius 3 is 2.68 bits per heavy atom. The molecule has 0 saturated heterocycles. The largest absolute Gasteiger partial charge is 0.388 e. The summed E-state index contributed by atoms with van der Waals surface area (Å²) >= 11 is 1.70. The van der Waals surface area contributed by atoms with Gasteiger partial charge < -0.3 is 10.4 Å². The van der Waals surface area contributed by atoms with Crippen LogP contribution in [0.4, 0.5) is 0 Å². The maximum atomic E-state index is 11.7. The molecule has 0 aliphatic heterocycles. The lowest BCUT2D eigenvalue weighted by atomic mass is 10.0. The van der Waals surface area contributed by atoms with Gasteiger partial charge in [0.1, 0.15) is 0 Å². The van der Waals surface area contributed by atoms with Gasteiger partial charge in [0.2, 0.25) is 5.91 Å². The monoisotopic (exact) mass is 281 g/mol. The van der Waals surface area contributed by atoms with Crippen molar-refractivity contribution in [1.29, 1.82) is 0 Å². The zero-order chi connectivity index (χ0) is 14.1. The summed E-state index contributed by atoms with van der Waals surface area (Å²) < 4.78 is 0. The summed E-state index contributed by atoms with van der Waals surface area (Å²) in [6.07, 6.45) is 3.89. The molecule has 106 valence electrons. The fourth-order valence-electron chi connectivity index (χ4n) is 1.69. The number of carbonyl (C=O) groups is 1. The second-order valence-electron chi connectivity index (χ2n) is 5.00. The van der Waals surface area contributed by atoms with E-state index < -0.39 is 5.60 Å². The third kappa shape index (κ3) is 7.23. The highest BCUT2D eigenvalue weighted by Gasteiger charge is 2.20. The number of amides is 1. The van der Waals surface area contributed by atoms with Gasteiger partial charge in [-0.1, -0.05) is 30.3 Å². The zero-order valence-electron chi connectivity index (χ0n) is 11.7. The maximum Gasteiger partial charge on any atom is 0.220 e. The van der Waals surface area contributed by atoms with E-state index in [2.05, 4.69) is 5.32 Å². The molecule has 2 N–H and O–H groups in total. The van der Waals surface area contributed by atoms with Crippen LogP contribution in [0.15, 0.2) is 30.3 Å².